The van der Waals surface area contributed by atoms with Gasteiger partial charge in [-0.05, 0) is 26.0 Å². The lowest BCUT2D eigenvalue weighted by Crippen LogP contribution is -2.21. The van der Waals surface area contributed by atoms with Gasteiger partial charge in [0.2, 0.25) is 0 Å². The lowest BCUT2D eigenvalue weighted by molar-refractivity contribution is 0.0807. The van der Waals surface area contributed by atoms with Gasteiger partial charge in [-0.25, -0.2) is 0 Å². The van der Waals surface area contributed by atoms with Gasteiger partial charge in [0.1, 0.15) is 5.75 Å². The van der Waals surface area contributed by atoms with Crippen molar-refractivity contribution in [2.45, 2.75) is 26.5 Å². The van der Waals surface area contributed by atoms with Crippen LogP contribution in [-0.4, -0.2) is 24.4 Å². The van der Waals surface area contributed by atoms with Crippen LogP contribution in [0, 0.1) is 0 Å². The van der Waals surface area contributed by atoms with Crippen molar-refractivity contribution in [2.24, 2.45) is 0 Å². The molecular formula is C12H18ClNO2. The molecule has 0 aromatic heterocycles. The topological polar surface area (TPSA) is 41.5 Å². The van der Waals surface area contributed by atoms with Gasteiger partial charge in [0.15, 0.2) is 0 Å². The van der Waals surface area contributed by atoms with E-state index in [9.17, 15) is 5.11 Å². The normalized spacial score (nSPS) is 11.0. The predicted molar refractivity (Wildman–Crippen MR) is 65.9 cm³/mol. The lowest BCUT2D eigenvalue weighted by atomic mass is 10.2. The minimum absolute atomic E-state index is 0.227. The lowest BCUT2D eigenvalue weighted by Gasteiger charge is -2.10. The summed E-state index contributed by atoms with van der Waals surface area (Å²) in [5.41, 5.74) is 0.730. The van der Waals surface area contributed by atoms with E-state index in [-0.39, 0.29) is 11.9 Å². The Labute approximate surface area is 101 Å². The largest absolute Gasteiger partial charge is 0.508 e. The van der Waals surface area contributed by atoms with Crippen LogP contribution in [-0.2, 0) is 11.3 Å². The van der Waals surface area contributed by atoms with Crippen LogP contribution < -0.4 is 5.32 Å². The Kier molecular flexibility index (Phi) is 5.60. The summed E-state index contributed by atoms with van der Waals surface area (Å²) in [4.78, 5) is 0. The Hall–Kier alpha value is -0.770. The molecule has 4 heteroatoms. The third-order valence-corrected chi connectivity index (χ3v) is 2.48. The zero-order valence-electron chi connectivity index (χ0n) is 9.66. The molecule has 0 aliphatic heterocycles. The highest BCUT2D eigenvalue weighted by Crippen LogP contribution is 2.24. The van der Waals surface area contributed by atoms with Crippen LogP contribution in [0.15, 0.2) is 18.2 Å². The van der Waals surface area contributed by atoms with Gasteiger partial charge in [-0.2, -0.15) is 0 Å². The first-order valence-corrected chi connectivity index (χ1v) is 5.77. The minimum Gasteiger partial charge on any atom is -0.508 e. The van der Waals surface area contributed by atoms with Crippen molar-refractivity contribution in [1.82, 2.24) is 5.32 Å². The third-order valence-electron chi connectivity index (χ3n) is 2.13. The van der Waals surface area contributed by atoms with Gasteiger partial charge in [-0.15, -0.1) is 0 Å². The minimum atomic E-state index is 0.227. The number of ether oxygens (including phenoxy) is 1. The fraction of sp³-hybridized carbons (Fsp3) is 0.500. The highest BCUT2D eigenvalue weighted by molar-refractivity contribution is 6.31. The van der Waals surface area contributed by atoms with E-state index < -0.39 is 0 Å². The molecule has 0 aliphatic rings. The zero-order valence-corrected chi connectivity index (χ0v) is 10.4. The van der Waals surface area contributed by atoms with Crippen molar-refractivity contribution in [3.05, 3.63) is 28.8 Å². The molecular weight excluding hydrogens is 226 g/mol. The Bertz CT molecular complexity index is 309. The number of hydrogen-bond donors (Lipinski definition) is 2. The Morgan fingerprint density at radius 3 is 2.81 bits per heavy atom. The van der Waals surface area contributed by atoms with E-state index in [0.717, 1.165) is 12.1 Å². The maximum absolute atomic E-state index is 9.58. The molecule has 0 saturated heterocycles. The summed E-state index contributed by atoms with van der Waals surface area (Å²) in [7, 11) is 0. The summed E-state index contributed by atoms with van der Waals surface area (Å²) in [6, 6.07) is 5.12. The van der Waals surface area contributed by atoms with Gasteiger partial charge < -0.3 is 15.2 Å². The highest BCUT2D eigenvalue weighted by Gasteiger charge is 2.04. The monoisotopic (exact) mass is 243 g/mol. The summed E-state index contributed by atoms with van der Waals surface area (Å²) in [5.74, 6) is 0.227. The fourth-order valence-corrected chi connectivity index (χ4v) is 1.54. The van der Waals surface area contributed by atoms with Gasteiger partial charge >= 0.3 is 0 Å². The average molecular weight is 244 g/mol. The van der Waals surface area contributed by atoms with Crippen molar-refractivity contribution < 1.29 is 9.84 Å². The van der Waals surface area contributed by atoms with E-state index >= 15 is 0 Å². The van der Waals surface area contributed by atoms with Crippen LogP contribution in [0.1, 0.15) is 19.4 Å². The second kappa shape index (κ2) is 6.74. The van der Waals surface area contributed by atoms with Gasteiger partial charge in [0.05, 0.1) is 12.7 Å². The Morgan fingerprint density at radius 1 is 1.44 bits per heavy atom. The second-order valence-corrected chi connectivity index (χ2v) is 4.24. The van der Waals surface area contributed by atoms with Crippen LogP contribution in [0.2, 0.25) is 5.02 Å². The molecule has 0 bridgehead atoms. The molecule has 3 nitrogen and oxygen atoms in total. The molecule has 2 N–H and O–H groups in total. The zero-order chi connectivity index (χ0) is 12.0. The van der Waals surface area contributed by atoms with Gasteiger partial charge in [0, 0.05) is 23.7 Å². The van der Waals surface area contributed by atoms with Crippen LogP contribution in [0.25, 0.3) is 0 Å². The fourth-order valence-electron chi connectivity index (χ4n) is 1.30. The molecule has 0 unspecified atom stereocenters. The molecule has 16 heavy (non-hydrogen) atoms. The predicted octanol–water partition coefficient (Wildman–Crippen LogP) is 2.56. The van der Waals surface area contributed by atoms with E-state index in [0.29, 0.717) is 18.2 Å². The molecule has 0 spiro atoms. The maximum atomic E-state index is 9.58. The van der Waals surface area contributed by atoms with Crippen LogP contribution in [0.5, 0.6) is 5.75 Å². The molecule has 1 rings (SSSR count). The van der Waals surface area contributed by atoms with Crippen LogP contribution in [0.3, 0.4) is 0 Å². The van der Waals surface area contributed by atoms with E-state index in [1.165, 1.54) is 0 Å². The third kappa shape index (κ3) is 4.39. The van der Waals surface area contributed by atoms with E-state index in [1.54, 1.807) is 18.2 Å². The molecule has 0 saturated carbocycles. The van der Waals surface area contributed by atoms with Crippen molar-refractivity contribution in [2.75, 3.05) is 13.2 Å². The van der Waals surface area contributed by atoms with Gasteiger partial charge in [-0.3, -0.25) is 0 Å². The van der Waals surface area contributed by atoms with E-state index in [4.69, 9.17) is 16.3 Å². The number of halogens is 1. The summed E-state index contributed by atoms with van der Waals surface area (Å²) in [5, 5.41) is 13.3. The first-order valence-electron chi connectivity index (χ1n) is 5.40. The molecule has 0 heterocycles. The maximum Gasteiger partial charge on any atom is 0.121 e. The van der Waals surface area contributed by atoms with Crippen molar-refractivity contribution in [3.8, 4) is 5.75 Å². The van der Waals surface area contributed by atoms with Gasteiger partial charge in [0.25, 0.3) is 0 Å². The van der Waals surface area contributed by atoms with Crippen molar-refractivity contribution >= 4 is 11.6 Å². The van der Waals surface area contributed by atoms with Crippen LogP contribution in [0.4, 0.5) is 0 Å². The number of hydrogen-bond acceptors (Lipinski definition) is 3. The molecule has 0 amide bonds. The number of benzene rings is 1. The smallest absolute Gasteiger partial charge is 0.121 e. The molecule has 0 radical (unpaired) electrons. The summed E-state index contributed by atoms with van der Waals surface area (Å²) in [6.07, 6.45) is 0.246. The van der Waals surface area contributed by atoms with Crippen LogP contribution >= 0.6 is 11.6 Å². The van der Waals surface area contributed by atoms with Crippen molar-refractivity contribution in [3.63, 3.8) is 0 Å². The number of nitrogens with one attached hydrogen (secondary N) is 1. The first kappa shape index (κ1) is 13.3. The summed E-state index contributed by atoms with van der Waals surface area (Å²) in [6.45, 7) is 5.94. The van der Waals surface area contributed by atoms with E-state index in [1.807, 2.05) is 13.8 Å². The molecule has 1 aromatic rings. The number of aromatic hydroxyl groups is 1. The standard InChI is InChI=1S/C12H18ClNO2/c1-9(2)16-7-6-14-8-10-11(13)4-3-5-12(10)15/h3-5,9,14-15H,6-8H2,1-2H3. The first-order chi connectivity index (χ1) is 7.61. The van der Waals surface area contributed by atoms with E-state index in [2.05, 4.69) is 5.32 Å². The molecule has 1 aromatic carbocycles. The Balaban J connectivity index is 2.32. The molecule has 90 valence electrons. The van der Waals surface area contributed by atoms with Gasteiger partial charge in [-0.1, -0.05) is 17.7 Å². The summed E-state index contributed by atoms with van der Waals surface area (Å²) >= 11 is 5.96. The number of phenolic OH excluding ortho intramolecular Hbond substituents is 1. The number of rotatable bonds is 6. The van der Waals surface area contributed by atoms with Crippen molar-refractivity contribution in [1.29, 1.82) is 0 Å². The quantitative estimate of drug-likeness (QED) is 0.755. The molecule has 0 fully saturated rings. The number of phenols is 1. The highest BCUT2D eigenvalue weighted by atomic mass is 35.5. The molecule has 0 atom stereocenters. The SMILES string of the molecule is CC(C)OCCNCc1c(O)cccc1Cl. The second-order valence-electron chi connectivity index (χ2n) is 3.83. The Morgan fingerprint density at radius 2 is 2.19 bits per heavy atom. The molecule has 0 aliphatic carbocycles. The summed E-state index contributed by atoms with van der Waals surface area (Å²) < 4.78 is 5.38. The average Bonchev–Trinajstić information content (AvgIpc) is 2.21.